The van der Waals surface area contributed by atoms with Crippen molar-refractivity contribution in [1.82, 2.24) is 14.9 Å². The standard InChI is InChI=1S/C20H27N5O2/c1-13(14-8-19(26)22-10-14)27-18-7-15(12-25-17(18)5-6-24-25)16(9-21)11-23-20(2,3)4/h5-7,9,11-14H,8,10,21H2,1-4H3,(H,22,26). The summed E-state index contributed by atoms with van der Waals surface area (Å²) in [4.78, 5) is 16.0. The Labute approximate surface area is 159 Å². The number of nitrogens with two attached hydrogens (primary N) is 1. The molecule has 0 saturated carbocycles. The maximum absolute atomic E-state index is 11.5. The molecule has 0 radical (unpaired) electrons. The highest BCUT2D eigenvalue weighted by Gasteiger charge is 2.28. The summed E-state index contributed by atoms with van der Waals surface area (Å²) in [5.41, 5.74) is 8.18. The maximum Gasteiger partial charge on any atom is 0.220 e. The lowest BCUT2D eigenvalue weighted by Crippen LogP contribution is -2.25. The minimum atomic E-state index is -0.195. The first-order chi connectivity index (χ1) is 12.8. The fourth-order valence-corrected chi connectivity index (χ4v) is 2.98. The minimum absolute atomic E-state index is 0.0745. The fraction of sp³-hybridized carbons (Fsp3) is 0.450. The third-order valence-corrected chi connectivity index (χ3v) is 4.56. The third-order valence-electron chi connectivity index (χ3n) is 4.56. The highest BCUT2D eigenvalue weighted by atomic mass is 16.5. The molecule has 1 fully saturated rings. The molecule has 7 nitrogen and oxygen atoms in total. The van der Waals surface area contributed by atoms with Crippen LogP contribution in [-0.2, 0) is 4.79 Å². The van der Waals surface area contributed by atoms with Crippen molar-refractivity contribution in [1.29, 1.82) is 0 Å². The zero-order valence-electron chi connectivity index (χ0n) is 16.3. The van der Waals surface area contributed by atoms with Gasteiger partial charge < -0.3 is 15.8 Å². The number of hydrogen-bond acceptors (Lipinski definition) is 5. The monoisotopic (exact) mass is 369 g/mol. The summed E-state index contributed by atoms with van der Waals surface area (Å²) in [6, 6.07) is 3.85. The first-order valence-electron chi connectivity index (χ1n) is 9.15. The van der Waals surface area contributed by atoms with Gasteiger partial charge in [-0.2, -0.15) is 5.10 Å². The summed E-state index contributed by atoms with van der Waals surface area (Å²) in [6.07, 6.45) is 7.33. The predicted octanol–water partition coefficient (Wildman–Crippen LogP) is 2.41. The second-order valence-electron chi connectivity index (χ2n) is 7.90. The minimum Gasteiger partial charge on any atom is -0.488 e. The molecule has 27 heavy (non-hydrogen) atoms. The number of nitrogens with zero attached hydrogens (tertiary/aromatic N) is 3. The second-order valence-corrected chi connectivity index (χ2v) is 7.90. The van der Waals surface area contributed by atoms with E-state index < -0.39 is 0 Å². The van der Waals surface area contributed by atoms with E-state index in [-0.39, 0.29) is 23.5 Å². The number of ether oxygens (including phenoxy) is 1. The van der Waals surface area contributed by atoms with Gasteiger partial charge >= 0.3 is 0 Å². The number of rotatable bonds is 5. The molecule has 7 heteroatoms. The lowest BCUT2D eigenvalue weighted by molar-refractivity contribution is -0.119. The Hall–Kier alpha value is -2.83. The van der Waals surface area contributed by atoms with Gasteiger partial charge in [0.15, 0.2) is 0 Å². The highest BCUT2D eigenvalue weighted by Crippen LogP contribution is 2.28. The molecule has 0 spiro atoms. The molecule has 1 amide bonds. The lowest BCUT2D eigenvalue weighted by Gasteiger charge is -2.21. The first-order valence-corrected chi connectivity index (χ1v) is 9.15. The summed E-state index contributed by atoms with van der Waals surface area (Å²) >= 11 is 0. The van der Waals surface area contributed by atoms with E-state index in [1.165, 1.54) is 6.20 Å². The van der Waals surface area contributed by atoms with Crippen LogP contribution in [0.3, 0.4) is 0 Å². The molecule has 144 valence electrons. The van der Waals surface area contributed by atoms with Crippen molar-refractivity contribution in [2.45, 2.75) is 45.8 Å². The normalized spacial score (nSPS) is 19.6. The van der Waals surface area contributed by atoms with Crippen LogP contribution in [0.1, 0.15) is 39.7 Å². The number of aromatic nitrogens is 2. The van der Waals surface area contributed by atoms with Crippen LogP contribution in [0.25, 0.3) is 11.1 Å². The predicted molar refractivity (Wildman–Crippen MR) is 107 cm³/mol. The van der Waals surface area contributed by atoms with Gasteiger partial charge in [0, 0.05) is 48.6 Å². The third kappa shape index (κ3) is 4.48. The average molecular weight is 369 g/mol. The van der Waals surface area contributed by atoms with Crippen molar-refractivity contribution in [3.63, 3.8) is 0 Å². The average Bonchev–Trinajstić information content (AvgIpc) is 3.23. The van der Waals surface area contributed by atoms with Crippen LogP contribution in [0, 0.1) is 5.92 Å². The van der Waals surface area contributed by atoms with Crippen LogP contribution in [0.2, 0.25) is 0 Å². The van der Waals surface area contributed by atoms with Gasteiger partial charge in [-0.3, -0.25) is 9.79 Å². The smallest absolute Gasteiger partial charge is 0.220 e. The summed E-state index contributed by atoms with van der Waals surface area (Å²) < 4.78 is 8.00. The SMILES string of the molecule is CC(Oc1cc(C(C=NC(C)(C)C)=CN)cn2nccc12)C1CNC(=O)C1. The van der Waals surface area contributed by atoms with Gasteiger partial charge in [-0.1, -0.05) is 0 Å². The number of fused-ring (bicyclic) bond motifs is 1. The molecule has 3 heterocycles. The number of aliphatic imine (C=N–C) groups is 1. The lowest BCUT2D eigenvalue weighted by atomic mass is 10.0. The Balaban J connectivity index is 1.92. The number of allylic oxidation sites excluding steroid dienone is 1. The molecule has 2 atom stereocenters. The topological polar surface area (TPSA) is 94.0 Å². The van der Waals surface area contributed by atoms with Gasteiger partial charge in [-0.15, -0.1) is 0 Å². The molecular weight excluding hydrogens is 342 g/mol. The van der Waals surface area contributed by atoms with E-state index in [4.69, 9.17) is 10.5 Å². The van der Waals surface area contributed by atoms with Crippen LogP contribution < -0.4 is 15.8 Å². The quantitative estimate of drug-likeness (QED) is 0.792. The maximum atomic E-state index is 11.5. The van der Waals surface area contributed by atoms with E-state index in [1.54, 1.807) is 16.9 Å². The van der Waals surface area contributed by atoms with Gasteiger partial charge in [0.2, 0.25) is 5.91 Å². The van der Waals surface area contributed by atoms with Gasteiger partial charge in [-0.25, -0.2) is 4.52 Å². The van der Waals surface area contributed by atoms with E-state index in [1.807, 2.05) is 46.0 Å². The summed E-state index contributed by atoms with van der Waals surface area (Å²) in [7, 11) is 0. The summed E-state index contributed by atoms with van der Waals surface area (Å²) in [5, 5.41) is 7.20. The molecule has 1 aliphatic rings. The van der Waals surface area contributed by atoms with Crippen molar-refractivity contribution >= 4 is 23.2 Å². The molecular formula is C20H27N5O2. The van der Waals surface area contributed by atoms with E-state index >= 15 is 0 Å². The molecule has 2 unspecified atom stereocenters. The van der Waals surface area contributed by atoms with Crippen molar-refractivity contribution in [3.05, 3.63) is 36.3 Å². The molecule has 0 bridgehead atoms. The Kier molecular flexibility index (Phi) is 5.21. The Morgan fingerprint density at radius 1 is 1.52 bits per heavy atom. The zero-order valence-corrected chi connectivity index (χ0v) is 16.3. The van der Waals surface area contributed by atoms with Crippen molar-refractivity contribution in [3.8, 4) is 5.75 Å². The number of amides is 1. The number of carbonyl (C=O) groups is 1. The van der Waals surface area contributed by atoms with Crippen molar-refractivity contribution in [2.24, 2.45) is 16.6 Å². The van der Waals surface area contributed by atoms with Crippen molar-refractivity contribution < 1.29 is 9.53 Å². The second kappa shape index (κ2) is 7.42. The van der Waals surface area contributed by atoms with E-state index in [2.05, 4.69) is 15.4 Å². The van der Waals surface area contributed by atoms with Gasteiger partial charge in [0.1, 0.15) is 17.4 Å². The molecule has 0 aromatic carbocycles. The van der Waals surface area contributed by atoms with Gasteiger partial charge in [0.05, 0.1) is 11.7 Å². The zero-order chi connectivity index (χ0) is 19.6. The summed E-state index contributed by atoms with van der Waals surface area (Å²) in [6.45, 7) is 8.72. The molecule has 3 rings (SSSR count). The van der Waals surface area contributed by atoms with Crippen LogP contribution in [0.15, 0.2) is 35.7 Å². The molecule has 2 aromatic rings. The van der Waals surface area contributed by atoms with E-state index in [0.29, 0.717) is 18.7 Å². The van der Waals surface area contributed by atoms with Gasteiger partial charge in [0.25, 0.3) is 0 Å². The fourth-order valence-electron chi connectivity index (χ4n) is 2.98. The molecule has 0 aliphatic carbocycles. The Bertz CT molecular complexity index is 891. The molecule has 2 aromatic heterocycles. The van der Waals surface area contributed by atoms with Crippen LogP contribution in [0.4, 0.5) is 0 Å². The molecule has 3 N–H and O–H groups in total. The summed E-state index contributed by atoms with van der Waals surface area (Å²) in [5.74, 6) is 0.932. The largest absolute Gasteiger partial charge is 0.488 e. The highest BCUT2D eigenvalue weighted by molar-refractivity contribution is 6.09. The first kappa shape index (κ1) is 18.9. The van der Waals surface area contributed by atoms with E-state index in [0.717, 1.165) is 16.7 Å². The number of pyridine rings is 1. The van der Waals surface area contributed by atoms with Gasteiger partial charge in [-0.05, 0) is 39.8 Å². The Morgan fingerprint density at radius 3 is 2.93 bits per heavy atom. The number of nitrogens with one attached hydrogen (secondary N) is 1. The molecule has 1 saturated heterocycles. The molecule has 1 aliphatic heterocycles. The van der Waals surface area contributed by atoms with E-state index in [9.17, 15) is 4.79 Å². The Morgan fingerprint density at radius 2 is 2.30 bits per heavy atom. The van der Waals surface area contributed by atoms with Crippen LogP contribution in [0.5, 0.6) is 5.75 Å². The number of carbonyl (C=O) groups excluding carboxylic acids is 1. The van der Waals surface area contributed by atoms with Crippen LogP contribution in [-0.4, -0.2) is 39.9 Å². The van der Waals surface area contributed by atoms with Crippen molar-refractivity contribution in [2.75, 3.05) is 6.54 Å². The number of hydrogen-bond donors (Lipinski definition) is 2. The van der Waals surface area contributed by atoms with Crippen LogP contribution >= 0.6 is 0 Å².